The molecule has 1 unspecified atom stereocenters. The van der Waals surface area contributed by atoms with Gasteiger partial charge in [0.1, 0.15) is 5.82 Å². The van der Waals surface area contributed by atoms with Crippen LogP contribution < -0.4 is 0 Å². The lowest BCUT2D eigenvalue weighted by Crippen LogP contribution is -1.99. The van der Waals surface area contributed by atoms with Gasteiger partial charge in [0.25, 0.3) is 0 Å². The number of benzene rings is 1. The molecule has 0 radical (unpaired) electrons. The zero-order valence-corrected chi connectivity index (χ0v) is 9.80. The monoisotopic (exact) mass is 257 g/mol. The van der Waals surface area contributed by atoms with Gasteiger partial charge in [-0.15, -0.1) is 11.3 Å². The standard InChI is InChI=1S/C11H9ClFNOS/c12-8-3-7(1-2-9(8)13)4-10(15)11-5-14-6-16-11/h1-3,5-6,10,15H,4H2. The number of aromatic nitrogens is 1. The summed E-state index contributed by atoms with van der Waals surface area (Å²) in [6.45, 7) is 0. The highest BCUT2D eigenvalue weighted by atomic mass is 35.5. The van der Waals surface area contributed by atoms with Crippen LogP contribution in [-0.4, -0.2) is 10.1 Å². The lowest BCUT2D eigenvalue weighted by Gasteiger charge is -2.08. The molecule has 0 fully saturated rings. The van der Waals surface area contributed by atoms with Crippen molar-refractivity contribution in [2.24, 2.45) is 0 Å². The molecular weight excluding hydrogens is 249 g/mol. The summed E-state index contributed by atoms with van der Waals surface area (Å²) in [7, 11) is 0. The van der Waals surface area contributed by atoms with Gasteiger partial charge in [-0.1, -0.05) is 17.7 Å². The Bertz CT molecular complexity index is 475. The third-order valence-corrected chi connectivity index (χ3v) is 3.36. The minimum absolute atomic E-state index is 0.0778. The van der Waals surface area contributed by atoms with Crippen LogP contribution in [0.2, 0.25) is 5.02 Å². The van der Waals surface area contributed by atoms with E-state index in [0.717, 1.165) is 10.4 Å². The number of thiazole rings is 1. The van der Waals surface area contributed by atoms with Gasteiger partial charge in [-0.3, -0.25) is 4.98 Å². The molecule has 5 heteroatoms. The van der Waals surface area contributed by atoms with Crippen LogP contribution in [0.3, 0.4) is 0 Å². The zero-order valence-electron chi connectivity index (χ0n) is 8.23. The molecule has 1 atom stereocenters. The lowest BCUT2D eigenvalue weighted by atomic mass is 10.1. The fraction of sp³-hybridized carbons (Fsp3) is 0.182. The van der Waals surface area contributed by atoms with Gasteiger partial charge >= 0.3 is 0 Å². The summed E-state index contributed by atoms with van der Waals surface area (Å²) in [5.74, 6) is -0.447. The van der Waals surface area contributed by atoms with Gasteiger partial charge in [0.15, 0.2) is 0 Å². The van der Waals surface area contributed by atoms with Crippen molar-refractivity contribution in [1.29, 1.82) is 0 Å². The van der Waals surface area contributed by atoms with Gasteiger partial charge in [-0.2, -0.15) is 0 Å². The van der Waals surface area contributed by atoms with E-state index < -0.39 is 11.9 Å². The van der Waals surface area contributed by atoms with E-state index >= 15 is 0 Å². The summed E-state index contributed by atoms with van der Waals surface area (Å²) >= 11 is 7.05. The molecule has 0 bridgehead atoms. The van der Waals surface area contributed by atoms with Gasteiger partial charge < -0.3 is 5.11 Å². The van der Waals surface area contributed by atoms with Crippen LogP contribution in [0.15, 0.2) is 29.9 Å². The highest BCUT2D eigenvalue weighted by Gasteiger charge is 2.11. The molecule has 84 valence electrons. The molecule has 1 aromatic carbocycles. The van der Waals surface area contributed by atoms with Crippen molar-refractivity contribution in [2.45, 2.75) is 12.5 Å². The van der Waals surface area contributed by atoms with Crippen LogP contribution in [0, 0.1) is 5.82 Å². The number of halogens is 2. The maximum atomic E-state index is 12.9. The van der Waals surface area contributed by atoms with Crippen molar-refractivity contribution >= 4 is 22.9 Å². The van der Waals surface area contributed by atoms with Crippen molar-refractivity contribution in [3.63, 3.8) is 0 Å². The Kier molecular flexibility index (Phi) is 3.53. The van der Waals surface area contributed by atoms with Crippen molar-refractivity contribution in [3.05, 3.63) is 51.2 Å². The smallest absolute Gasteiger partial charge is 0.141 e. The molecule has 1 N–H and O–H groups in total. The predicted octanol–water partition coefficient (Wildman–Crippen LogP) is 3.21. The minimum Gasteiger partial charge on any atom is -0.387 e. The molecule has 0 saturated carbocycles. The zero-order chi connectivity index (χ0) is 11.5. The van der Waals surface area contributed by atoms with E-state index in [0.29, 0.717) is 6.42 Å². The van der Waals surface area contributed by atoms with Gasteiger partial charge in [0.05, 0.1) is 21.5 Å². The largest absolute Gasteiger partial charge is 0.387 e. The summed E-state index contributed by atoms with van der Waals surface area (Å²) in [5.41, 5.74) is 2.46. The van der Waals surface area contributed by atoms with E-state index in [1.807, 2.05) is 0 Å². The molecule has 0 aliphatic heterocycles. The fourth-order valence-corrected chi connectivity index (χ4v) is 2.19. The van der Waals surface area contributed by atoms with Crippen molar-refractivity contribution in [1.82, 2.24) is 4.98 Å². The second kappa shape index (κ2) is 4.91. The first kappa shape index (κ1) is 11.5. The molecule has 0 aliphatic carbocycles. The number of hydrogen-bond acceptors (Lipinski definition) is 3. The van der Waals surface area contributed by atoms with Crippen molar-refractivity contribution < 1.29 is 9.50 Å². The number of hydrogen-bond donors (Lipinski definition) is 1. The van der Waals surface area contributed by atoms with E-state index in [4.69, 9.17) is 11.6 Å². The first-order valence-corrected chi connectivity index (χ1v) is 5.93. The van der Waals surface area contributed by atoms with Crippen LogP contribution in [0.5, 0.6) is 0 Å². The molecule has 2 aromatic rings. The van der Waals surface area contributed by atoms with Gasteiger partial charge in [-0.25, -0.2) is 4.39 Å². The Morgan fingerprint density at radius 2 is 2.31 bits per heavy atom. The first-order valence-electron chi connectivity index (χ1n) is 4.67. The summed E-state index contributed by atoms with van der Waals surface area (Å²) in [4.78, 5) is 4.68. The van der Waals surface area contributed by atoms with Gasteiger partial charge in [0.2, 0.25) is 0 Å². The van der Waals surface area contributed by atoms with E-state index in [1.165, 1.54) is 23.5 Å². The van der Waals surface area contributed by atoms with Crippen molar-refractivity contribution in [2.75, 3.05) is 0 Å². The first-order chi connectivity index (χ1) is 7.66. The summed E-state index contributed by atoms with van der Waals surface area (Å²) in [6, 6.07) is 4.45. The Morgan fingerprint density at radius 1 is 1.50 bits per heavy atom. The molecular formula is C11H9ClFNOS. The topological polar surface area (TPSA) is 33.1 Å². The SMILES string of the molecule is OC(Cc1ccc(F)c(Cl)c1)c1cncs1. The van der Waals surface area contributed by atoms with Crippen LogP contribution >= 0.6 is 22.9 Å². The summed E-state index contributed by atoms with van der Waals surface area (Å²) in [6.07, 6.45) is 1.41. The molecule has 2 nitrogen and oxygen atoms in total. The Morgan fingerprint density at radius 3 is 2.94 bits per heavy atom. The highest BCUT2D eigenvalue weighted by molar-refractivity contribution is 7.09. The molecule has 0 amide bonds. The molecule has 16 heavy (non-hydrogen) atoms. The Labute approximate surface area is 101 Å². The van der Waals surface area contributed by atoms with Crippen LogP contribution in [-0.2, 0) is 6.42 Å². The molecule has 0 spiro atoms. The second-order valence-electron chi connectivity index (χ2n) is 3.37. The average Bonchev–Trinajstić information content (AvgIpc) is 2.77. The van der Waals surface area contributed by atoms with Gasteiger partial charge in [-0.05, 0) is 17.7 Å². The number of rotatable bonds is 3. The third-order valence-electron chi connectivity index (χ3n) is 2.19. The third kappa shape index (κ3) is 2.58. The fourth-order valence-electron chi connectivity index (χ4n) is 1.38. The average molecular weight is 258 g/mol. The van der Waals surface area contributed by atoms with Crippen LogP contribution in [0.4, 0.5) is 4.39 Å². The maximum Gasteiger partial charge on any atom is 0.141 e. The van der Waals surface area contributed by atoms with Gasteiger partial charge in [0, 0.05) is 12.6 Å². The highest BCUT2D eigenvalue weighted by Crippen LogP contribution is 2.23. The number of aliphatic hydroxyl groups is 1. The van der Waals surface area contributed by atoms with Crippen LogP contribution in [0.1, 0.15) is 16.5 Å². The number of nitrogens with zero attached hydrogens (tertiary/aromatic N) is 1. The predicted molar refractivity (Wildman–Crippen MR) is 62.2 cm³/mol. The minimum atomic E-state index is -0.617. The summed E-state index contributed by atoms with van der Waals surface area (Å²) < 4.78 is 12.9. The normalized spacial score (nSPS) is 12.7. The quantitative estimate of drug-likeness (QED) is 0.916. The molecule has 2 rings (SSSR count). The second-order valence-corrected chi connectivity index (χ2v) is 4.70. The van der Waals surface area contributed by atoms with E-state index in [1.54, 1.807) is 17.8 Å². The summed E-state index contributed by atoms with van der Waals surface area (Å²) in [5, 5.41) is 9.93. The Balaban J connectivity index is 2.12. The lowest BCUT2D eigenvalue weighted by molar-refractivity contribution is 0.182. The van der Waals surface area contributed by atoms with E-state index in [-0.39, 0.29) is 5.02 Å². The van der Waals surface area contributed by atoms with E-state index in [9.17, 15) is 9.50 Å². The maximum absolute atomic E-state index is 12.9. The molecule has 1 aromatic heterocycles. The van der Waals surface area contributed by atoms with Crippen molar-refractivity contribution in [3.8, 4) is 0 Å². The molecule has 0 saturated heterocycles. The number of aliphatic hydroxyl groups excluding tert-OH is 1. The van der Waals surface area contributed by atoms with Crippen LogP contribution in [0.25, 0.3) is 0 Å². The van der Waals surface area contributed by atoms with E-state index in [2.05, 4.69) is 4.98 Å². The molecule has 0 aliphatic rings. The Hall–Kier alpha value is -0.970. The molecule has 1 heterocycles.